The fraction of sp³-hybridized carbons (Fsp3) is 0.350. The standard InChI is InChI=1S/C20H26N6/c1-15(2)14-26-11-10-23-19(26)13-25-20(21-3)24-12-16-8-9-22-18-7-5-4-6-17(16)18/h4-11,15H,12-14H2,1-3H3,(H2,21,24,25). The minimum absolute atomic E-state index is 0.584. The topological polar surface area (TPSA) is 67.1 Å². The summed E-state index contributed by atoms with van der Waals surface area (Å²) < 4.78 is 2.18. The Bertz CT molecular complexity index is 875. The van der Waals surface area contributed by atoms with Crippen LogP contribution in [0.5, 0.6) is 0 Å². The van der Waals surface area contributed by atoms with Gasteiger partial charge < -0.3 is 15.2 Å². The fourth-order valence-electron chi connectivity index (χ4n) is 2.94. The number of aromatic nitrogens is 3. The highest BCUT2D eigenvalue weighted by atomic mass is 15.2. The van der Waals surface area contributed by atoms with Crippen LogP contribution in [0.25, 0.3) is 10.9 Å². The Morgan fingerprint density at radius 3 is 2.69 bits per heavy atom. The summed E-state index contributed by atoms with van der Waals surface area (Å²) in [6.45, 7) is 6.69. The monoisotopic (exact) mass is 350 g/mol. The molecule has 0 amide bonds. The predicted octanol–water partition coefficient (Wildman–Crippen LogP) is 2.95. The van der Waals surface area contributed by atoms with Crippen LogP contribution in [0, 0.1) is 5.92 Å². The highest BCUT2D eigenvalue weighted by Gasteiger charge is 2.07. The number of fused-ring (bicyclic) bond motifs is 1. The maximum atomic E-state index is 4.44. The van der Waals surface area contributed by atoms with E-state index >= 15 is 0 Å². The molecular weight excluding hydrogens is 324 g/mol. The second-order valence-electron chi connectivity index (χ2n) is 6.66. The first-order valence-electron chi connectivity index (χ1n) is 8.94. The Balaban J connectivity index is 1.61. The zero-order valence-corrected chi connectivity index (χ0v) is 15.6. The number of nitrogens with one attached hydrogen (secondary N) is 2. The van der Waals surface area contributed by atoms with Gasteiger partial charge in [-0.2, -0.15) is 0 Å². The molecule has 0 fully saturated rings. The molecule has 0 atom stereocenters. The molecule has 3 aromatic rings. The quantitative estimate of drug-likeness (QED) is 0.530. The van der Waals surface area contributed by atoms with Crippen molar-refractivity contribution in [1.82, 2.24) is 25.2 Å². The molecule has 1 aromatic carbocycles. The molecule has 3 rings (SSSR count). The summed E-state index contributed by atoms with van der Waals surface area (Å²) >= 11 is 0. The van der Waals surface area contributed by atoms with E-state index in [1.54, 1.807) is 7.05 Å². The molecule has 0 aliphatic heterocycles. The van der Waals surface area contributed by atoms with Crippen LogP contribution in [-0.4, -0.2) is 27.5 Å². The van der Waals surface area contributed by atoms with Crippen LogP contribution >= 0.6 is 0 Å². The van der Waals surface area contributed by atoms with E-state index in [2.05, 4.69) is 50.1 Å². The molecule has 0 aliphatic carbocycles. The van der Waals surface area contributed by atoms with Gasteiger partial charge in [-0.25, -0.2) is 4.98 Å². The maximum Gasteiger partial charge on any atom is 0.191 e. The molecule has 0 aliphatic rings. The zero-order chi connectivity index (χ0) is 18.4. The van der Waals surface area contributed by atoms with Crippen LogP contribution in [0.2, 0.25) is 0 Å². The van der Waals surface area contributed by atoms with Gasteiger partial charge in [-0.15, -0.1) is 0 Å². The third-order valence-electron chi connectivity index (χ3n) is 4.19. The van der Waals surface area contributed by atoms with Crippen molar-refractivity contribution in [3.8, 4) is 0 Å². The molecule has 0 saturated heterocycles. The lowest BCUT2D eigenvalue weighted by Gasteiger charge is -2.14. The highest BCUT2D eigenvalue weighted by molar-refractivity contribution is 5.83. The number of nitrogens with zero attached hydrogens (tertiary/aromatic N) is 4. The third kappa shape index (κ3) is 4.39. The second-order valence-corrected chi connectivity index (χ2v) is 6.66. The van der Waals surface area contributed by atoms with Gasteiger partial charge in [0.2, 0.25) is 0 Å². The maximum absolute atomic E-state index is 4.44. The van der Waals surface area contributed by atoms with E-state index in [1.165, 1.54) is 5.56 Å². The lowest BCUT2D eigenvalue weighted by Crippen LogP contribution is -2.37. The van der Waals surface area contributed by atoms with Gasteiger partial charge in [-0.3, -0.25) is 9.98 Å². The Morgan fingerprint density at radius 1 is 1.08 bits per heavy atom. The normalized spacial score (nSPS) is 11.9. The number of guanidine groups is 1. The molecule has 26 heavy (non-hydrogen) atoms. The first-order valence-corrected chi connectivity index (χ1v) is 8.94. The van der Waals surface area contributed by atoms with Crippen molar-refractivity contribution in [3.63, 3.8) is 0 Å². The second kappa shape index (κ2) is 8.47. The van der Waals surface area contributed by atoms with Crippen LogP contribution < -0.4 is 10.6 Å². The summed E-state index contributed by atoms with van der Waals surface area (Å²) in [5.41, 5.74) is 2.20. The van der Waals surface area contributed by atoms with Gasteiger partial charge in [0, 0.05) is 44.1 Å². The summed E-state index contributed by atoms with van der Waals surface area (Å²) in [5, 5.41) is 7.88. The molecule has 2 N–H and O–H groups in total. The molecule has 6 nitrogen and oxygen atoms in total. The number of hydrogen-bond donors (Lipinski definition) is 2. The first-order chi connectivity index (χ1) is 12.7. The SMILES string of the molecule is CN=C(NCc1ccnc2ccccc12)NCc1nccn1CC(C)C. The van der Waals surface area contributed by atoms with E-state index in [0.717, 1.165) is 29.2 Å². The summed E-state index contributed by atoms with van der Waals surface area (Å²) in [6.07, 6.45) is 5.72. The van der Waals surface area contributed by atoms with E-state index in [-0.39, 0.29) is 0 Å². The molecule has 0 saturated carbocycles. The number of pyridine rings is 1. The van der Waals surface area contributed by atoms with Gasteiger partial charge in [0.25, 0.3) is 0 Å². The molecular formula is C20H26N6. The van der Waals surface area contributed by atoms with E-state index in [1.807, 2.05) is 42.9 Å². The van der Waals surface area contributed by atoms with Gasteiger partial charge in [-0.05, 0) is 23.6 Å². The third-order valence-corrected chi connectivity index (χ3v) is 4.19. The number of rotatable bonds is 6. The minimum atomic E-state index is 0.584. The van der Waals surface area contributed by atoms with Crippen molar-refractivity contribution < 1.29 is 0 Å². The van der Waals surface area contributed by atoms with E-state index in [9.17, 15) is 0 Å². The molecule has 0 spiro atoms. The Morgan fingerprint density at radius 2 is 1.88 bits per heavy atom. The number of imidazole rings is 1. The summed E-state index contributed by atoms with van der Waals surface area (Å²) in [6, 6.07) is 10.2. The Labute approximate surface area is 154 Å². The van der Waals surface area contributed by atoms with Crippen LogP contribution in [0.1, 0.15) is 25.2 Å². The average molecular weight is 350 g/mol. The fourth-order valence-corrected chi connectivity index (χ4v) is 2.94. The summed E-state index contributed by atoms with van der Waals surface area (Å²) in [4.78, 5) is 13.2. The van der Waals surface area contributed by atoms with Crippen LogP contribution in [0.15, 0.2) is 53.9 Å². The van der Waals surface area contributed by atoms with Gasteiger partial charge in [0.05, 0.1) is 12.1 Å². The van der Waals surface area contributed by atoms with Crippen molar-refractivity contribution in [2.24, 2.45) is 10.9 Å². The van der Waals surface area contributed by atoms with Crippen molar-refractivity contribution in [1.29, 1.82) is 0 Å². The average Bonchev–Trinajstić information content (AvgIpc) is 3.08. The predicted molar refractivity (Wildman–Crippen MR) is 106 cm³/mol. The van der Waals surface area contributed by atoms with E-state index < -0.39 is 0 Å². The van der Waals surface area contributed by atoms with Crippen molar-refractivity contribution in [2.75, 3.05) is 7.05 Å². The first kappa shape index (κ1) is 17.9. The molecule has 2 heterocycles. The molecule has 2 aromatic heterocycles. The number of hydrogen-bond acceptors (Lipinski definition) is 3. The number of para-hydroxylation sites is 1. The Hall–Kier alpha value is -2.89. The zero-order valence-electron chi connectivity index (χ0n) is 15.6. The molecule has 136 valence electrons. The Kier molecular flexibility index (Phi) is 5.84. The van der Waals surface area contributed by atoms with Crippen LogP contribution in [-0.2, 0) is 19.6 Å². The molecule has 0 bridgehead atoms. The molecule has 6 heteroatoms. The van der Waals surface area contributed by atoms with Crippen molar-refractivity contribution >= 4 is 16.9 Å². The van der Waals surface area contributed by atoms with Crippen molar-refractivity contribution in [2.45, 2.75) is 33.5 Å². The number of aliphatic imine (C=N–C) groups is 1. The van der Waals surface area contributed by atoms with Gasteiger partial charge in [-0.1, -0.05) is 32.0 Å². The van der Waals surface area contributed by atoms with Gasteiger partial charge in [0.1, 0.15) is 5.82 Å². The largest absolute Gasteiger partial charge is 0.352 e. The smallest absolute Gasteiger partial charge is 0.191 e. The molecule has 0 unspecified atom stereocenters. The minimum Gasteiger partial charge on any atom is -0.352 e. The van der Waals surface area contributed by atoms with Crippen LogP contribution in [0.3, 0.4) is 0 Å². The van der Waals surface area contributed by atoms with Gasteiger partial charge in [0.15, 0.2) is 5.96 Å². The van der Waals surface area contributed by atoms with E-state index in [0.29, 0.717) is 19.0 Å². The lowest BCUT2D eigenvalue weighted by molar-refractivity contribution is 0.503. The van der Waals surface area contributed by atoms with E-state index in [4.69, 9.17) is 0 Å². The highest BCUT2D eigenvalue weighted by Crippen LogP contribution is 2.15. The lowest BCUT2D eigenvalue weighted by atomic mass is 10.1. The summed E-state index contributed by atoms with van der Waals surface area (Å²) in [5.74, 6) is 2.35. The van der Waals surface area contributed by atoms with Crippen LogP contribution in [0.4, 0.5) is 0 Å². The summed E-state index contributed by atoms with van der Waals surface area (Å²) in [7, 11) is 1.78. The van der Waals surface area contributed by atoms with Gasteiger partial charge >= 0.3 is 0 Å². The van der Waals surface area contributed by atoms with Crippen molar-refractivity contribution in [3.05, 3.63) is 60.3 Å². The molecule has 0 radical (unpaired) electrons. The number of benzene rings is 1.